The number of carbonyl (C=O) groups excluding carboxylic acids is 1. The second-order valence-corrected chi connectivity index (χ2v) is 6.46. The highest BCUT2D eigenvalue weighted by Gasteiger charge is 2.15. The van der Waals surface area contributed by atoms with Crippen LogP contribution in [0.3, 0.4) is 0 Å². The molecule has 2 aromatic carbocycles. The van der Waals surface area contributed by atoms with Crippen LogP contribution in [0.1, 0.15) is 15.9 Å². The molecule has 0 saturated heterocycles. The Balaban J connectivity index is 1.76. The number of aromatic nitrogens is 2. The molecule has 3 rings (SSSR count). The predicted octanol–water partition coefficient (Wildman–Crippen LogP) is 4.51. The van der Waals surface area contributed by atoms with E-state index in [4.69, 9.17) is 32.7 Å². The first kappa shape index (κ1) is 19.1. The van der Waals surface area contributed by atoms with E-state index in [1.54, 1.807) is 35.2 Å². The second-order valence-electron chi connectivity index (χ2n) is 5.67. The van der Waals surface area contributed by atoms with E-state index < -0.39 is 0 Å². The first-order valence-corrected chi connectivity index (χ1v) is 8.76. The second kappa shape index (κ2) is 8.33. The van der Waals surface area contributed by atoms with Crippen LogP contribution < -0.4 is 14.8 Å². The molecule has 1 amide bonds. The summed E-state index contributed by atoms with van der Waals surface area (Å²) in [4.78, 5) is 16.7. The molecule has 3 aromatic rings. The molecule has 0 aliphatic carbocycles. The molecule has 0 radical (unpaired) electrons. The number of halogens is 2. The molecule has 0 spiro atoms. The molecule has 0 atom stereocenters. The number of anilines is 1. The fourth-order valence-electron chi connectivity index (χ4n) is 2.55. The van der Waals surface area contributed by atoms with Crippen LogP contribution in [0, 0.1) is 0 Å². The van der Waals surface area contributed by atoms with Crippen molar-refractivity contribution >= 4 is 34.9 Å². The van der Waals surface area contributed by atoms with Gasteiger partial charge < -0.3 is 19.4 Å². The quantitative estimate of drug-likeness (QED) is 0.655. The molecule has 0 aliphatic rings. The van der Waals surface area contributed by atoms with Crippen LogP contribution in [-0.2, 0) is 6.54 Å². The normalized spacial score (nSPS) is 10.5. The number of amides is 1. The first-order valence-electron chi connectivity index (χ1n) is 8.00. The van der Waals surface area contributed by atoms with Gasteiger partial charge in [0.15, 0.2) is 22.5 Å². The van der Waals surface area contributed by atoms with Crippen molar-refractivity contribution in [3.8, 4) is 11.5 Å². The minimum Gasteiger partial charge on any atom is -0.493 e. The maximum absolute atomic E-state index is 12.5. The van der Waals surface area contributed by atoms with Crippen molar-refractivity contribution in [3.05, 3.63) is 70.1 Å². The number of nitrogens with one attached hydrogen (secondary N) is 1. The smallest absolute Gasteiger partial charge is 0.257 e. The first-order chi connectivity index (χ1) is 13.0. The summed E-state index contributed by atoms with van der Waals surface area (Å²) in [7, 11) is 3.04. The fourth-order valence-corrected chi connectivity index (χ4v) is 2.96. The maximum Gasteiger partial charge on any atom is 0.257 e. The molecule has 0 saturated carbocycles. The van der Waals surface area contributed by atoms with Gasteiger partial charge in [-0.1, -0.05) is 35.3 Å². The summed E-state index contributed by atoms with van der Waals surface area (Å²) in [6, 6.07) is 12.3. The molecule has 1 heterocycles. The Hall–Kier alpha value is -2.70. The van der Waals surface area contributed by atoms with E-state index >= 15 is 0 Å². The maximum atomic E-state index is 12.5. The zero-order valence-electron chi connectivity index (χ0n) is 14.7. The molecule has 140 valence electrons. The van der Waals surface area contributed by atoms with E-state index in [0.717, 1.165) is 5.56 Å². The van der Waals surface area contributed by atoms with Crippen LogP contribution in [0.2, 0.25) is 10.2 Å². The van der Waals surface area contributed by atoms with Gasteiger partial charge in [-0.05, 0) is 35.9 Å². The Kier molecular flexibility index (Phi) is 5.88. The highest BCUT2D eigenvalue weighted by molar-refractivity contribution is 6.32. The molecule has 0 unspecified atom stereocenters. The van der Waals surface area contributed by atoms with Crippen molar-refractivity contribution in [2.24, 2.45) is 0 Å². The van der Waals surface area contributed by atoms with Crippen LogP contribution in [0.5, 0.6) is 11.5 Å². The van der Waals surface area contributed by atoms with Gasteiger partial charge in [0.25, 0.3) is 5.91 Å². The number of imidazole rings is 1. The van der Waals surface area contributed by atoms with Gasteiger partial charge in [-0.25, -0.2) is 4.98 Å². The number of hydrogen-bond donors (Lipinski definition) is 1. The molecule has 27 heavy (non-hydrogen) atoms. The number of rotatable bonds is 6. The van der Waals surface area contributed by atoms with Crippen molar-refractivity contribution in [3.63, 3.8) is 0 Å². The summed E-state index contributed by atoms with van der Waals surface area (Å²) in [6.07, 6.45) is 1.56. The largest absolute Gasteiger partial charge is 0.493 e. The molecule has 0 fully saturated rings. The number of hydrogen-bond acceptors (Lipinski definition) is 4. The van der Waals surface area contributed by atoms with Gasteiger partial charge in [0.2, 0.25) is 0 Å². The lowest BCUT2D eigenvalue weighted by Crippen LogP contribution is -2.13. The molecule has 8 heteroatoms. The summed E-state index contributed by atoms with van der Waals surface area (Å²) in [5.41, 5.74) is 1.37. The number of methoxy groups -OCH3 is 2. The topological polar surface area (TPSA) is 65.4 Å². The predicted molar refractivity (Wildman–Crippen MR) is 105 cm³/mol. The van der Waals surface area contributed by atoms with Crippen LogP contribution in [-0.4, -0.2) is 29.7 Å². The molecule has 1 aromatic heterocycles. The molecule has 1 N–H and O–H groups in total. The lowest BCUT2D eigenvalue weighted by Gasteiger charge is -2.09. The van der Waals surface area contributed by atoms with E-state index in [1.807, 2.05) is 18.2 Å². The highest BCUT2D eigenvalue weighted by atomic mass is 35.5. The SMILES string of the molecule is COc1ccc(C(=O)Nc2ncn(Cc3cccc(Cl)c3)c2Cl)cc1OC. The van der Waals surface area contributed by atoms with Gasteiger partial charge in [0, 0.05) is 10.6 Å². The lowest BCUT2D eigenvalue weighted by molar-refractivity contribution is 0.102. The third-order valence-electron chi connectivity index (χ3n) is 3.89. The van der Waals surface area contributed by atoms with E-state index in [9.17, 15) is 4.79 Å². The number of carbonyl (C=O) groups is 1. The summed E-state index contributed by atoms with van der Waals surface area (Å²) in [5, 5.41) is 3.67. The number of nitrogens with zero attached hydrogens (tertiary/aromatic N) is 2. The Labute approximate surface area is 166 Å². The number of benzene rings is 2. The van der Waals surface area contributed by atoms with Crippen molar-refractivity contribution in [2.45, 2.75) is 6.54 Å². The van der Waals surface area contributed by atoms with Gasteiger partial charge in [-0.2, -0.15) is 0 Å². The van der Waals surface area contributed by atoms with Crippen molar-refractivity contribution in [1.29, 1.82) is 0 Å². The van der Waals surface area contributed by atoms with Crippen LogP contribution in [0.15, 0.2) is 48.8 Å². The van der Waals surface area contributed by atoms with E-state index in [2.05, 4.69) is 10.3 Å². The number of ether oxygens (including phenoxy) is 2. The minimum absolute atomic E-state index is 0.276. The molecule has 0 bridgehead atoms. The van der Waals surface area contributed by atoms with Crippen LogP contribution >= 0.6 is 23.2 Å². The van der Waals surface area contributed by atoms with Gasteiger partial charge in [0.1, 0.15) is 0 Å². The van der Waals surface area contributed by atoms with Gasteiger partial charge in [0.05, 0.1) is 27.1 Å². The zero-order chi connectivity index (χ0) is 19.4. The summed E-state index contributed by atoms with van der Waals surface area (Å²) < 4.78 is 12.1. The van der Waals surface area contributed by atoms with E-state index in [0.29, 0.717) is 33.8 Å². The van der Waals surface area contributed by atoms with Gasteiger partial charge in [-0.15, -0.1) is 0 Å². The monoisotopic (exact) mass is 405 g/mol. The Morgan fingerprint density at radius 2 is 1.89 bits per heavy atom. The summed E-state index contributed by atoms with van der Waals surface area (Å²) in [5.74, 6) is 0.921. The van der Waals surface area contributed by atoms with Crippen molar-refractivity contribution < 1.29 is 14.3 Å². The Bertz CT molecular complexity index is 973. The average Bonchev–Trinajstić information content (AvgIpc) is 3.00. The molecular weight excluding hydrogens is 389 g/mol. The third-order valence-corrected chi connectivity index (χ3v) is 4.52. The molecular formula is C19H17Cl2N3O3. The van der Waals surface area contributed by atoms with Crippen LogP contribution in [0.4, 0.5) is 5.82 Å². The highest BCUT2D eigenvalue weighted by Crippen LogP contribution is 2.28. The summed E-state index contributed by atoms with van der Waals surface area (Å²) >= 11 is 12.4. The third kappa shape index (κ3) is 4.35. The standard InChI is InChI=1S/C19H17Cl2N3O3/c1-26-15-7-6-13(9-16(15)27-2)19(25)23-18-17(21)24(11-22-18)10-12-4-3-5-14(20)8-12/h3-9,11H,10H2,1-2H3,(H,23,25). The Morgan fingerprint density at radius 3 is 2.59 bits per heavy atom. The van der Waals surface area contributed by atoms with Crippen molar-refractivity contribution in [2.75, 3.05) is 19.5 Å². The lowest BCUT2D eigenvalue weighted by atomic mass is 10.2. The van der Waals surface area contributed by atoms with E-state index in [-0.39, 0.29) is 11.7 Å². The van der Waals surface area contributed by atoms with Crippen molar-refractivity contribution in [1.82, 2.24) is 9.55 Å². The van der Waals surface area contributed by atoms with E-state index in [1.165, 1.54) is 14.2 Å². The van der Waals surface area contributed by atoms with Gasteiger partial charge in [-0.3, -0.25) is 4.79 Å². The Morgan fingerprint density at radius 1 is 1.11 bits per heavy atom. The van der Waals surface area contributed by atoms with Gasteiger partial charge >= 0.3 is 0 Å². The average molecular weight is 406 g/mol. The zero-order valence-corrected chi connectivity index (χ0v) is 16.2. The van der Waals surface area contributed by atoms with Crippen LogP contribution in [0.25, 0.3) is 0 Å². The minimum atomic E-state index is -0.356. The molecule has 6 nitrogen and oxygen atoms in total. The molecule has 0 aliphatic heterocycles. The summed E-state index contributed by atoms with van der Waals surface area (Å²) in [6.45, 7) is 0.485. The fraction of sp³-hybridized carbons (Fsp3) is 0.158.